The van der Waals surface area contributed by atoms with Crippen molar-refractivity contribution in [3.8, 4) is 22.9 Å². The van der Waals surface area contributed by atoms with Gasteiger partial charge in [0.25, 0.3) is 0 Å². The second kappa shape index (κ2) is 10.3. The first-order chi connectivity index (χ1) is 16.5. The molecular formula is C26H23ClN6O. The van der Waals surface area contributed by atoms with Gasteiger partial charge in [0.2, 0.25) is 0 Å². The van der Waals surface area contributed by atoms with Crippen LogP contribution >= 0.6 is 11.6 Å². The molecule has 5 rings (SSSR count). The van der Waals surface area contributed by atoms with Crippen LogP contribution in [0.3, 0.4) is 0 Å². The van der Waals surface area contributed by atoms with Crippen molar-refractivity contribution in [3.63, 3.8) is 0 Å². The fraction of sp³-hybridized carbons (Fsp3) is 0.154. The quantitative estimate of drug-likeness (QED) is 0.255. The van der Waals surface area contributed by atoms with Crippen LogP contribution in [0.2, 0.25) is 5.02 Å². The monoisotopic (exact) mass is 470 g/mol. The summed E-state index contributed by atoms with van der Waals surface area (Å²) in [5.41, 5.74) is 11.5. The van der Waals surface area contributed by atoms with Gasteiger partial charge in [-0.15, -0.1) is 0 Å². The summed E-state index contributed by atoms with van der Waals surface area (Å²) in [4.78, 5) is 18.2. The van der Waals surface area contributed by atoms with E-state index in [-0.39, 0.29) is 5.57 Å². The van der Waals surface area contributed by atoms with E-state index < -0.39 is 0 Å². The fourth-order valence-electron chi connectivity index (χ4n) is 4.02. The number of nitrogens with zero attached hydrogens (tertiary/aromatic N) is 4. The zero-order valence-corrected chi connectivity index (χ0v) is 19.2. The molecule has 4 aromatic rings. The van der Waals surface area contributed by atoms with Crippen molar-refractivity contribution in [2.45, 2.75) is 12.3 Å². The topological polar surface area (TPSA) is 110 Å². The number of hydrogen-bond donors (Lipinski definition) is 2. The summed E-state index contributed by atoms with van der Waals surface area (Å²) in [7, 11) is 0. The van der Waals surface area contributed by atoms with Gasteiger partial charge in [0.15, 0.2) is 11.9 Å². The smallest absolute Gasteiger partial charge is 0.159 e. The number of nitrogens with two attached hydrogens (primary N) is 1. The molecule has 0 radical (unpaired) electrons. The minimum absolute atomic E-state index is 0.0324. The first-order valence-corrected chi connectivity index (χ1v) is 11.1. The average Bonchev–Trinajstić information content (AvgIpc) is 3.54. The van der Waals surface area contributed by atoms with Crippen LogP contribution in [-0.4, -0.2) is 33.9 Å². The molecule has 1 atom stereocenters. The Morgan fingerprint density at radius 3 is 2.71 bits per heavy atom. The number of aromatic nitrogens is 3. The highest BCUT2D eigenvalue weighted by Gasteiger charge is 2.19. The Balaban J connectivity index is 0.000000408. The maximum absolute atomic E-state index is 9.41. The van der Waals surface area contributed by atoms with Crippen molar-refractivity contribution in [1.29, 1.82) is 5.26 Å². The molecule has 7 nitrogen and oxygen atoms in total. The first kappa shape index (κ1) is 23.2. The third-order valence-electron chi connectivity index (χ3n) is 5.73. The van der Waals surface area contributed by atoms with Gasteiger partial charge in [-0.2, -0.15) is 5.26 Å². The van der Waals surface area contributed by atoms with E-state index in [2.05, 4.69) is 56.9 Å². The lowest BCUT2D eigenvalue weighted by Crippen LogP contribution is -2.08. The van der Waals surface area contributed by atoms with Gasteiger partial charge in [-0.3, -0.25) is 4.79 Å². The van der Waals surface area contributed by atoms with Crippen LogP contribution in [0.4, 0.5) is 5.82 Å². The number of carbonyl (C=O) groups is 1. The molecule has 3 heterocycles. The zero-order valence-electron chi connectivity index (χ0n) is 18.4. The number of hydrogen-bond acceptors (Lipinski definition) is 6. The van der Waals surface area contributed by atoms with Gasteiger partial charge in [0.05, 0.1) is 11.0 Å². The molecule has 1 fully saturated rings. The molecule has 0 aliphatic carbocycles. The van der Waals surface area contributed by atoms with E-state index in [0.29, 0.717) is 23.0 Å². The molecule has 8 heteroatoms. The molecule has 0 bridgehead atoms. The fourth-order valence-corrected chi connectivity index (χ4v) is 4.15. The van der Waals surface area contributed by atoms with Gasteiger partial charge < -0.3 is 15.6 Å². The van der Waals surface area contributed by atoms with E-state index in [1.165, 1.54) is 18.3 Å². The molecule has 1 unspecified atom stereocenters. The number of carbonyl (C=O) groups excluding carboxylic acids is 1. The van der Waals surface area contributed by atoms with Crippen molar-refractivity contribution in [3.05, 3.63) is 83.8 Å². The van der Waals surface area contributed by atoms with E-state index in [0.717, 1.165) is 40.9 Å². The van der Waals surface area contributed by atoms with E-state index in [1.807, 2.05) is 24.3 Å². The van der Waals surface area contributed by atoms with E-state index in [1.54, 1.807) is 6.07 Å². The molecule has 3 N–H and O–H groups in total. The SMILES string of the molecule is C=C(C#N)C=O.Nc1ncnc2c1c(-c1ccc(Cl)cc1)cn2-c1cccc(C2CCNC2)c1. The highest BCUT2D eigenvalue weighted by Crippen LogP contribution is 2.35. The average molecular weight is 471 g/mol. The number of fused-ring (bicyclic) bond motifs is 1. The number of rotatable bonds is 4. The molecular weight excluding hydrogens is 448 g/mol. The van der Waals surface area contributed by atoms with E-state index in [9.17, 15) is 4.79 Å². The van der Waals surface area contributed by atoms with Crippen LogP contribution in [0, 0.1) is 11.3 Å². The summed E-state index contributed by atoms with van der Waals surface area (Å²) in [5.74, 6) is 1.03. The molecule has 1 aliphatic heterocycles. The highest BCUT2D eigenvalue weighted by molar-refractivity contribution is 6.30. The molecule has 0 saturated carbocycles. The Labute approximate surface area is 202 Å². The Bertz CT molecular complexity index is 1380. The number of allylic oxidation sites excluding steroid dienone is 1. The van der Waals surface area contributed by atoms with Crippen LogP contribution < -0.4 is 11.1 Å². The van der Waals surface area contributed by atoms with Crippen LogP contribution in [-0.2, 0) is 4.79 Å². The summed E-state index contributed by atoms with van der Waals surface area (Å²) in [6.45, 7) is 5.17. The van der Waals surface area contributed by atoms with Gasteiger partial charge in [-0.05, 0) is 54.3 Å². The standard InChI is InChI=1S/C22H20ClN5.C4H3NO/c23-17-6-4-14(5-7-17)19-12-28(22-20(19)21(24)26-13-27-22)18-3-1-2-15(10-18)16-8-9-25-11-16;1-4(2-5)3-6/h1-7,10,12-13,16,25H,8-9,11H2,(H2,24,26,27);3H,1H2. The normalized spacial score (nSPS) is 14.8. The van der Waals surface area contributed by atoms with Crippen LogP contribution in [0.5, 0.6) is 0 Å². The lowest BCUT2D eigenvalue weighted by atomic mass is 9.98. The molecule has 0 spiro atoms. The van der Waals surface area contributed by atoms with Gasteiger partial charge in [-0.25, -0.2) is 9.97 Å². The summed E-state index contributed by atoms with van der Waals surface area (Å²) < 4.78 is 2.10. The number of nitrogens with one attached hydrogen (secondary N) is 1. The van der Waals surface area contributed by atoms with Gasteiger partial charge >= 0.3 is 0 Å². The van der Waals surface area contributed by atoms with E-state index in [4.69, 9.17) is 22.6 Å². The maximum atomic E-state index is 9.41. The number of anilines is 1. The van der Waals surface area contributed by atoms with Crippen molar-refractivity contribution >= 4 is 34.7 Å². The number of halogens is 1. The van der Waals surface area contributed by atoms with E-state index >= 15 is 0 Å². The van der Waals surface area contributed by atoms with Gasteiger partial charge in [0.1, 0.15) is 18.2 Å². The number of nitrogen functional groups attached to an aromatic ring is 1. The predicted octanol–water partition coefficient (Wildman–Crippen LogP) is 4.67. The second-order valence-electron chi connectivity index (χ2n) is 7.92. The summed E-state index contributed by atoms with van der Waals surface area (Å²) in [6, 6.07) is 18.0. The number of nitriles is 1. The zero-order chi connectivity index (χ0) is 24.1. The second-order valence-corrected chi connectivity index (χ2v) is 8.35. The summed E-state index contributed by atoms with van der Waals surface area (Å²) >= 11 is 6.07. The molecule has 34 heavy (non-hydrogen) atoms. The Hall–Kier alpha value is -3.99. The number of benzene rings is 2. The van der Waals surface area contributed by atoms with Crippen molar-refractivity contribution in [2.75, 3.05) is 18.8 Å². The largest absolute Gasteiger partial charge is 0.383 e. The predicted molar refractivity (Wildman–Crippen MR) is 135 cm³/mol. The molecule has 2 aromatic carbocycles. The first-order valence-electron chi connectivity index (χ1n) is 10.7. The van der Waals surface area contributed by atoms with Crippen LogP contribution in [0.15, 0.2) is 73.2 Å². The number of aldehydes is 1. The molecule has 1 aliphatic rings. The Morgan fingerprint density at radius 2 is 2.06 bits per heavy atom. The molecule has 170 valence electrons. The highest BCUT2D eigenvalue weighted by atomic mass is 35.5. The molecule has 2 aromatic heterocycles. The Morgan fingerprint density at radius 1 is 1.26 bits per heavy atom. The van der Waals surface area contributed by atoms with Gasteiger partial charge in [-0.1, -0.05) is 42.4 Å². The molecule has 0 amide bonds. The van der Waals surface area contributed by atoms with Crippen LogP contribution in [0.25, 0.3) is 27.8 Å². The lowest BCUT2D eigenvalue weighted by molar-refractivity contribution is -0.104. The minimum atomic E-state index is -0.0324. The minimum Gasteiger partial charge on any atom is -0.383 e. The van der Waals surface area contributed by atoms with Crippen molar-refractivity contribution in [1.82, 2.24) is 19.9 Å². The van der Waals surface area contributed by atoms with Crippen molar-refractivity contribution < 1.29 is 4.79 Å². The maximum Gasteiger partial charge on any atom is 0.159 e. The summed E-state index contributed by atoms with van der Waals surface area (Å²) in [6.07, 6.45) is 5.19. The summed E-state index contributed by atoms with van der Waals surface area (Å²) in [5, 5.41) is 12.8. The van der Waals surface area contributed by atoms with Crippen LogP contribution in [0.1, 0.15) is 17.9 Å². The Kier molecular flexibility index (Phi) is 7.02. The lowest BCUT2D eigenvalue weighted by Gasteiger charge is -2.12. The molecule has 1 saturated heterocycles. The third-order valence-corrected chi connectivity index (χ3v) is 5.99. The van der Waals surface area contributed by atoms with Gasteiger partial charge in [0, 0.05) is 29.0 Å². The third kappa shape index (κ3) is 4.84. The van der Waals surface area contributed by atoms with Crippen molar-refractivity contribution in [2.24, 2.45) is 0 Å².